The zero-order valence-corrected chi connectivity index (χ0v) is 17.3. The third-order valence-corrected chi connectivity index (χ3v) is 5.44. The molecular formula is C21H18N4O5S. The molecule has 0 bridgehead atoms. The SMILES string of the molecule is COc1ccc(OCCc2nnc(NC(=O)CN3C(=O)c4ccccc4C3=O)s2)cc1. The van der Waals surface area contributed by atoms with Crippen LogP contribution in [0.3, 0.4) is 0 Å². The van der Waals surface area contributed by atoms with Gasteiger partial charge in [-0.25, -0.2) is 0 Å². The minimum absolute atomic E-state index is 0.293. The lowest BCUT2D eigenvalue weighted by atomic mass is 10.1. The van der Waals surface area contributed by atoms with Crippen LogP contribution in [0.4, 0.5) is 5.13 Å². The number of aromatic nitrogens is 2. The maximum atomic E-state index is 12.3. The Balaban J connectivity index is 1.27. The average molecular weight is 438 g/mol. The lowest BCUT2D eigenvalue weighted by Gasteiger charge is -2.12. The van der Waals surface area contributed by atoms with Crippen LogP contribution >= 0.6 is 11.3 Å². The first-order chi connectivity index (χ1) is 15.0. The van der Waals surface area contributed by atoms with Crippen molar-refractivity contribution < 1.29 is 23.9 Å². The maximum Gasteiger partial charge on any atom is 0.262 e. The zero-order chi connectivity index (χ0) is 21.8. The molecule has 0 aliphatic carbocycles. The smallest absolute Gasteiger partial charge is 0.262 e. The number of rotatable bonds is 8. The van der Waals surface area contributed by atoms with E-state index in [2.05, 4.69) is 15.5 Å². The maximum absolute atomic E-state index is 12.3. The molecule has 1 N–H and O–H groups in total. The minimum atomic E-state index is -0.522. The molecule has 2 heterocycles. The number of anilines is 1. The second-order valence-corrected chi connectivity index (χ2v) is 7.63. The summed E-state index contributed by atoms with van der Waals surface area (Å²) in [6.45, 7) is 0.00574. The summed E-state index contributed by atoms with van der Waals surface area (Å²) in [4.78, 5) is 37.9. The van der Waals surface area contributed by atoms with E-state index in [1.54, 1.807) is 31.4 Å². The van der Waals surface area contributed by atoms with Crippen molar-refractivity contribution in [2.45, 2.75) is 6.42 Å². The Morgan fingerprint density at radius 3 is 2.29 bits per heavy atom. The Labute approximate surface area is 181 Å². The number of benzene rings is 2. The number of carbonyl (C=O) groups is 3. The van der Waals surface area contributed by atoms with E-state index in [4.69, 9.17) is 9.47 Å². The molecule has 0 radical (unpaired) electrons. The predicted octanol–water partition coefficient (Wildman–Crippen LogP) is 2.40. The highest BCUT2D eigenvalue weighted by molar-refractivity contribution is 7.15. The number of carbonyl (C=O) groups excluding carboxylic acids is 3. The Hall–Kier alpha value is -3.79. The van der Waals surface area contributed by atoms with Crippen molar-refractivity contribution in [3.63, 3.8) is 0 Å². The summed E-state index contributed by atoms with van der Waals surface area (Å²) >= 11 is 1.21. The molecule has 0 spiro atoms. The third-order valence-electron chi connectivity index (χ3n) is 4.54. The fraction of sp³-hybridized carbons (Fsp3) is 0.190. The van der Waals surface area contributed by atoms with E-state index in [1.807, 2.05) is 24.3 Å². The van der Waals surface area contributed by atoms with E-state index in [1.165, 1.54) is 11.3 Å². The van der Waals surface area contributed by atoms with Crippen molar-refractivity contribution >= 4 is 34.2 Å². The first kappa shape index (κ1) is 20.5. The highest BCUT2D eigenvalue weighted by Gasteiger charge is 2.36. The molecule has 0 saturated heterocycles. The van der Waals surface area contributed by atoms with Crippen LogP contribution in [0, 0.1) is 0 Å². The van der Waals surface area contributed by atoms with Crippen LogP contribution < -0.4 is 14.8 Å². The van der Waals surface area contributed by atoms with E-state index in [9.17, 15) is 14.4 Å². The van der Waals surface area contributed by atoms with Gasteiger partial charge in [0.25, 0.3) is 11.8 Å². The first-order valence-electron chi connectivity index (χ1n) is 9.39. The van der Waals surface area contributed by atoms with Gasteiger partial charge in [0.2, 0.25) is 11.0 Å². The van der Waals surface area contributed by atoms with E-state index < -0.39 is 17.7 Å². The van der Waals surface area contributed by atoms with Gasteiger partial charge in [-0.05, 0) is 36.4 Å². The topological polar surface area (TPSA) is 111 Å². The molecule has 1 aromatic heterocycles. The summed E-state index contributed by atoms with van der Waals surface area (Å²) in [5.41, 5.74) is 0.603. The highest BCUT2D eigenvalue weighted by Crippen LogP contribution is 2.23. The molecule has 0 unspecified atom stereocenters. The highest BCUT2D eigenvalue weighted by atomic mass is 32.1. The quantitative estimate of drug-likeness (QED) is 0.538. The van der Waals surface area contributed by atoms with Gasteiger partial charge in [-0.3, -0.25) is 24.6 Å². The van der Waals surface area contributed by atoms with E-state index in [0.29, 0.717) is 40.0 Å². The van der Waals surface area contributed by atoms with Crippen molar-refractivity contribution in [3.8, 4) is 11.5 Å². The molecule has 2 aromatic carbocycles. The largest absolute Gasteiger partial charge is 0.497 e. The number of amides is 3. The molecule has 158 valence electrons. The molecular weight excluding hydrogens is 420 g/mol. The summed E-state index contributed by atoms with van der Waals surface area (Å²) in [5.74, 6) is -0.0293. The number of hydrogen-bond donors (Lipinski definition) is 1. The van der Waals surface area contributed by atoms with E-state index in [-0.39, 0.29) is 6.54 Å². The van der Waals surface area contributed by atoms with Crippen LogP contribution in [0.25, 0.3) is 0 Å². The molecule has 4 rings (SSSR count). The number of fused-ring (bicyclic) bond motifs is 1. The standard InChI is InChI=1S/C21H18N4O5S/c1-29-13-6-8-14(9-7-13)30-11-10-18-23-24-21(31-18)22-17(26)12-25-19(27)15-4-2-3-5-16(15)20(25)28/h2-9H,10-12H2,1H3,(H,22,24,26). The number of nitrogens with zero attached hydrogens (tertiary/aromatic N) is 3. The minimum Gasteiger partial charge on any atom is -0.497 e. The molecule has 0 saturated carbocycles. The number of nitrogens with one attached hydrogen (secondary N) is 1. The van der Waals surface area contributed by atoms with Crippen molar-refractivity contribution in [3.05, 3.63) is 64.7 Å². The number of methoxy groups -OCH3 is 1. The molecule has 31 heavy (non-hydrogen) atoms. The number of hydrogen-bond acceptors (Lipinski definition) is 8. The van der Waals surface area contributed by atoms with Gasteiger partial charge in [0.05, 0.1) is 24.8 Å². The summed E-state index contributed by atoms with van der Waals surface area (Å²) in [6, 6.07) is 13.7. The van der Waals surface area contributed by atoms with Crippen LogP contribution in [0.5, 0.6) is 11.5 Å². The second kappa shape index (κ2) is 8.92. The van der Waals surface area contributed by atoms with Gasteiger partial charge in [0.1, 0.15) is 23.1 Å². The van der Waals surface area contributed by atoms with Gasteiger partial charge in [0, 0.05) is 6.42 Å². The van der Waals surface area contributed by atoms with Crippen LogP contribution in [0.1, 0.15) is 25.7 Å². The van der Waals surface area contributed by atoms with Crippen LogP contribution in [-0.2, 0) is 11.2 Å². The lowest BCUT2D eigenvalue weighted by Crippen LogP contribution is -2.37. The fourth-order valence-corrected chi connectivity index (χ4v) is 3.76. The Bertz CT molecular complexity index is 1090. The third kappa shape index (κ3) is 4.53. The molecule has 9 nitrogen and oxygen atoms in total. The zero-order valence-electron chi connectivity index (χ0n) is 16.5. The summed E-state index contributed by atoms with van der Waals surface area (Å²) < 4.78 is 10.8. The van der Waals surface area contributed by atoms with Gasteiger partial charge < -0.3 is 9.47 Å². The van der Waals surface area contributed by atoms with Crippen LogP contribution in [0.15, 0.2) is 48.5 Å². The lowest BCUT2D eigenvalue weighted by molar-refractivity contribution is -0.116. The molecule has 3 amide bonds. The Kier molecular flexibility index (Phi) is 5.89. The number of ether oxygens (including phenoxy) is 2. The fourth-order valence-electron chi connectivity index (χ4n) is 3.02. The van der Waals surface area contributed by atoms with Gasteiger partial charge in [-0.2, -0.15) is 0 Å². The first-order valence-corrected chi connectivity index (χ1v) is 10.2. The van der Waals surface area contributed by atoms with E-state index >= 15 is 0 Å². The van der Waals surface area contributed by atoms with Gasteiger partial charge in [-0.15, -0.1) is 10.2 Å². The normalized spacial score (nSPS) is 12.6. The molecule has 1 aliphatic heterocycles. The molecule has 10 heteroatoms. The molecule has 0 atom stereocenters. The van der Waals surface area contributed by atoms with Gasteiger partial charge >= 0.3 is 0 Å². The van der Waals surface area contributed by atoms with Crippen LogP contribution in [-0.4, -0.2) is 53.1 Å². The van der Waals surface area contributed by atoms with Crippen LogP contribution in [0.2, 0.25) is 0 Å². The van der Waals surface area contributed by atoms with Gasteiger partial charge in [0.15, 0.2) is 0 Å². The van der Waals surface area contributed by atoms with E-state index in [0.717, 1.165) is 10.6 Å². The second-order valence-electron chi connectivity index (χ2n) is 6.57. The summed E-state index contributed by atoms with van der Waals surface area (Å²) in [6.07, 6.45) is 0.512. The molecule has 1 aliphatic rings. The summed E-state index contributed by atoms with van der Waals surface area (Å²) in [5, 5.41) is 11.5. The number of imide groups is 1. The Morgan fingerprint density at radius 2 is 1.65 bits per heavy atom. The molecule has 3 aromatic rings. The average Bonchev–Trinajstić information content (AvgIpc) is 3.32. The predicted molar refractivity (Wildman–Crippen MR) is 113 cm³/mol. The van der Waals surface area contributed by atoms with Crippen molar-refractivity contribution in [2.75, 3.05) is 25.6 Å². The monoisotopic (exact) mass is 438 g/mol. The van der Waals surface area contributed by atoms with Crippen molar-refractivity contribution in [2.24, 2.45) is 0 Å². The molecule has 0 fully saturated rings. The van der Waals surface area contributed by atoms with Gasteiger partial charge in [-0.1, -0.05) is 23.5 Å². The Morgan fingerprint density at radius 1 is 1.00 bits per heavy atom. The van der Waals surface area contributed by atoms with Crippen molar-refractivity contribution in [1.29, 1.82) is 0 Å². The summed E-state index contributed by atoms with van der Waals surface area (Å²) in [7, 11) is 1.60. The van der Waals surface area contributed by atoms with Crippen molar-refractivity contribution in [1.82, 2.24) is 15.1 Å².